The third-order valence-electron chi connectivity index (χ3n) is 5.74. The van der Waals surface area contributed by atoms with Crippen LogP contribution < -0.4 is 15.4 Å². The van der Waals surface area contributed by atoms with Crippen LogP contribution in [0, 0.1) is 0 Å². The van der Waals surface area contributed by atoms with E-state index < -0.39 is 11.9 Å². The highest BCUT2D eigenvalue weighted by Gasteiger charge is 2.33. The number of rotatable bonds is 13. The van der Waals surface area contributed by atoms with Crippen molar-refractivity contribution in [3.05, 3.63) is 29.8 Å². The van der Waals surface area contributed by atoms with E-state index in [1.807, 2.05) is 38.1 Å². The van der Waals surface area contributed by atoms with E-state index in [4.69, 9.17) is 23.7 Å². The van der Waals surface area contributed by atoms with Crippen LogP contribution in [0.3, 0.4) is 0 Å². The molecule has 2 aliphatic rings. The van der Waals surface area contributed by atoms with Gasteiger partial charge in [-0.25, -0.2) is 4.79 Å². The van der Waals surface area contributed by atoms with Gasteiger partial charge in [-0.1, -0.05) is 12.1 Å². The Morgan fingerprint density at radius 1 is 1.19 bits per heavy atom. The fourth-order valence-corrected chi connectivity index (χ4v) is 3.76. The molecule has 3 rings (SSSR count). The van der Waals surface area contributed by atoms with E-state index in [1.54, 1.807) is 4.90 Å². The van der Waals surface area contributed by atoms with Gasteiger partial charge in [-0.15, -0.1) is 12.4 Å². The maximum atomic E-state index is 12.0. The number of benzene rings is 1. The minimum Gasteiger partial charge on any atom is -0.491 e. The zero-order valence-electron chi connectivity index (χ0n) is 21.6. The SMILES string of the molecule is CC1(C)OCC(COC(=O)CCc2ccc(OC[C@@H](O)CNCCNC(=O)N3CCOCC3)cc2)O1.Cl. The van der Waals surface area contributed by atoms with Crippen LogP contribution >= 0.6 is 12.4 Å². The second kappa shape index (κ2) is 16.0. The number of urea groups is 1. The molecule has 0 bridgehead atoms. The maximum Gasteiger partial charge on any atom is 0.317 e. The number of halogens is 1. The summed E-state index contributed by atoms with van der Waals surface area (Å²) in [5, 5.41) is 16.1. The molecule has 11 nitrogen and oxygen atoms in total. The number of carbonyl (C=O) groups excluding carboxylic acids is 2. The van der Waals surface area contributed by atoms with Crippen LogP contribution in [0.2, 0.25) is 0 Å². The van der Waals surface area contributed by atoms with Crippen LogP contribution in [0.25, 0.3) is 0 Å². The van der Waals surface area contributed by atoms with E-state index in [-0.39, 0.29) is 50.1 Å². The van der Waals surface area contributed by atoms with E-state index in [9.17, 15) is 14.7 Å². The summed E-state index contributed by atoms with van der Waals surface area (Å²) in [5.41, 5.74) is 0.988. The average molecular weight is 546 g/mol. The minimum absolute atomic E-state index is 0. The lowest BCUT2D eigenvalue weighted by atomic mass is 10.1. The van der Waals surface area contributed by atoms with Gasteiger partial charge in [0.2, 0.25) is 0 Å². The molecule has 0 radical (unpaired) electrons. The van der Waals surface area contributed by atoms with Gasteiger partial charge in [0.05, 0.1) is 19.8 Å². The van der Waals surface area contributed by atoms with Gasteiger partial charge >= 0.3 is 12.0 Å². The summed E-state index contributed by atoms with van der Waals surface area (Å²) in [6.45, 7) is 8.13. The van der Waals surface area contributed by atoms with Gasteiger partial charge in [0.15, 0.2) is 5.79 Å². The Bertz CT molecular complexity index is 821. The number of nitrogens with one attached hydrogen (secondary N) is 2. The minimum atomic E-state index is -0.686. The predicted molar refractivity (Wildman–Crippen MR) is 138 cm³/mol. The molecule has 0 aromatic heterocycles. The third-order valence-corrected chi connectivity index (χ3v) is 5.74. The van der Waals surface area contributed by atoms with Crippen molar-refractivity contribution in [2.75, 3.05) is 65.8 Å². The number of aryl methyl sites for hydroxylation is 1. The van der Waals surface area contributed by atoms with Crippen molar-refractivity contribution in [1.82, 2.24) is 15.5 Å². The van der Waals surface area contributed by atoms with Gasteiger partial charge in [-0.3, -0.25) is 4.79 Å². The zero-order valence-corrected chi connectivity index (χ0v) is 22.4. The van der Waals surface area contributed by atoms with Crippen molar-refractivity contribution in [2.45, 2.75) is 44.7 Å². The van der Waals surface area contributed by atoms with Crippen LogP contribution in [-0.4, -0.2) is 106 Å². The number of nitrogens with zero attached hydrogens (tertiary/aromatic N) is 1. The average Bonchev–Trinajstić information content (AvgIpc) is 3.24. The zero-order chi connectivity index (χ0) is 25.8. The second-order valence-electron chi connectivity index (χ2n) is 9.28. The molecule has 2 aliphatic heterocycles. The molecule has 3 N–H and O–H groups in total. The molecular weight excluding hydrogens is 506 g/mol. The van der Waals surface area contributed by atoms with Crippen LogP contribution in [0.4, 0.5) is 4.79 Å². The number of esters is 1. The van der Waals surface area contributed by atoms with E-state index in [1.165, 1.54) is 0 Å². The highest BCUT2D eigenvalue weighted by molar-refractivity contribution is 5.85. The van der Waals surface area contributed by atoms with E-state index in [2.05, 4.69) is 10.6 Å². The van der Waals surface area contributed by atoms with E-state index in [0.29, 0.717) is 64.7 Å². The Kier molecular flexibility index (Phi) is 13.4. The van der Waals surface area contributed by atoms with Crippen LogP contribution in [0.1, 0.15) is 25.8 Å². The first-order valence-electron chi connectivity index (χ1n) is 12.5. The molecule has 1 aromatic carbocycles. The molecule has 37 heavy (non-hydrogen) atoms. The highest BCUT2D eigenvalue weighted by Crippen LogP contribution is 2.22. The van der Waals surface area contributed by atoms with Gasteiger partial charge < -0.3 is 44.3 Å². The van der Waals surface area contributed by atoms with Crippen molar-refractivity contribution < 1.29 is 38.4 Å². The summed E-state index contributed by atoms with van der Waals surface area (Å²) in [6.07, 6.45) is -0.0863. The summed E-state index contributed by atoms with van der Waals surface area (Å²) >= 11 is 0. The summed E-state index contributed by atoms with van der Waals surface area (Å²) in [7, 11) is 0. The molecule has 2 amide bonds. The quantitative estimate of drug-likeness (QED) is 0.247. The fraction of sp³-hybridized carbons (Fsp3) is 0.680. The molecule has 1 unspecified atom stereocenters. The molecule has 0 saturated carbocycles. The lowest BCUT2D eigenvalue weighted by Gasteiger charge is -2.27. The summed E-state index contributed by atoms with van der Waals surface area (Å²) in [5.74, 6) is -0.269. The van der Waals surface area contributed by atoms with Crippen molar-refractivity contribution in [3.63, 3.8) is 0 Å². The van der Waals surface area contributed by atoms with Crippen LogP contribution in [0.15, 0.2) is 24.3 Å². The third kappa shape index (κ3) is 11.8. The van der Waals surface area contributed by atoms with E-state index in [0.717, 1.165) is 5.56 Å². The molecule has 210 valence electrons. The number of aliphatic hydroxyl groups excluding tert-OH is 1. The summed E-state index contributed by atoms with van der Waals surface area (Å²) < 4.78 is 27.2. The van der Waals surface area contributed by atoms with Gasteiger partial charge in [-0.05, 0) is 38.0 Å². The lowest BCUT2D eigenvalue weighted by molar-refractivity contribution is -0.158. The largest absolute Gasteiger partial charge is 0.491 e. The fourth-order valence-electron chi connectivity index (χ4n) is 3.76. The topological polar surface area (TPSA) is 128 Å². The Balaban J connectivity index is 0.00000481. The lowest BCUT2D eigenvalue weighted by Crippen LogP contribution is -2.47. The highest BCUT2D eigenvalue weighted by atomic mass is 35.5. The number of amides is 2. The number of ether oxygens (including phenoxy) is 5. The van der Waals surface area contributed by atoms with Crippen molar-refractivity contribution >= 4 is 24.4 Å². The van der Waals surface area contributed by atoms with Gasteiger partial charge in [0.1, 0.15) is 31.2 Å². The molecule has 12 heteroatoms. The smallest absolute Gasteiger partial charge is 0.317 e. The van der Waals surface area contributed by atoms with Gasteiger partial charge in [-0.2, -0.15) is 0 Å². The van der Waals surface area contributed by atoms with E-state index >= 15 is 0 Å². The second-order valence-corrected chi connectivity index (χ2v) is 9.28. The Morgan fingerprint density at radius 3 is 2.59 bits per heavy atom. The summed E-state index contributed by atoms with van der Waals surface area (Å²) in [6, 6.07) is 7.31. The van der Waals surface area contributed by atoms with Crippen LogP contribution in [0.5, 0.6) is 5.75 Å². The monoisotopic (exact) mass is 545 g/mol. The first-order valence-corrected chi connectivity index (χ1v) is 12.5. The number of carbonyl (C=O) groups is 2. The normalized spacial score (nSPS) is 19.5. The van der Waals surface area contributed by atoms with Crippen molar-refractivity contribution in [1.29, 1.82) is 0 Å². The Labute approximate surface area is 224 Å². The number of hydrogen-bond donors (Lipinski definition) is 3. The molecule has 2 atom stereocenters. The molecule has 0 aliphatic carbocycles. The number of morpholine rings is 1. The molecular formula is C25H40ClN3O8. The van der Waals surface area contributed by atoms with Gasteiger partial charge in [0.25, 0.3) is 0 Å². The standard InChI is InChI=1S/C25H39N3O8.ClH/c1-25(2)35-18-22(36-25)17-34-23(30)8-5-19-3-6-21(7-4-19)33-16-20(29)15-26-9-10-27-24(31)28-11-13-32-14-12-28;/h3-4,6-7,20,22,26,29H,5,8-18H2,1-2H3,(H,27,31);1H/t20-,22?;/m0./s1. The van der Waals surface area contributed by atoms with Crippen molar-refractivity contribution in [2.24, 2.45) is 0 Å². The van der Waals surface area contributed by atoms with Gasteiger partial charge in [0, 0.05) is 39.1 Å². The van der Waals surface area contributed by atoms with Crippen molar-refractivity contribution in [3.8, 4) is 5.75 Å². The molecule has 1 aromatic rings. The molecule has 2 saturated heterocycles. The number of aliphatic hydroxyl groups is 1. The summed E-state index contributed by atoms with van der Waals surface area (Å²) in [4.78, 5) is 25.7. The molecule has 2 fully saturated rings. The first-order chi connectivity index (χ1) is 17.3. The Morgan fingerprint density at radius 2 is 1.92 bits per heavy atom. The first kappa shape index (κ1) is 31.1. The van der Waals surface area contributed by atoms with Crippen LogP contribution in [-0.2, 0) is 30.2 Å². The molecule has 0 spiro atoms. The number of hydrogen-bond acceptors (Lipinski definition) is 9. The predicted octanol–water partition coefficient (Wildman–Crippen LogP) is 1.11. The maximum absolute atomic E-state index is 12.0. The Hall–Kier alpha value is -2.15. The molecule has 2 heterocycles.